The number of anilines is 1. The molecule has 3 amide bonds. The standard InChI is InChI=1S/C27H22F3N3O6S2/c28-27(29,30)15-6-2-3-7-16(15)33-24(35)20-19(21-23(31-26(37)41-21)40-22(20)25(33)36)14-5-1-4-8-17(14)39-13-18(34)32-9-11-38-12-10-32/h1-8,19-20,22H,9-13H2,(H,31,37). The predicted molar refractivity (Wildman–Crippen MR) is 143 cm³/mol. The summed E-state index contributed by atoms with van der Waals surface area (Å²) in [6.07, 6.45) is -4.80. The van der Waals surface area contributed by atoms with E-state index in [1.54, 1.807) is 29.2 Å². The number of amides is 3. The number of H-pyrrole nitrogens is 1. The molecule has 214 valence electrons. The number of morpholine rings is 1. The first kappa shape index (κ1) is 27.5. The minimum Gasteiger partial charge on any atom is -0.483 e. The molecular weight excluding hydrogens is 583 g/mol. The van der Waals surface area contributed by atoms with Crippen LogP contribution in [-0.2, 0) is 25.3 Å². The number of rotatable bonds is 5. The highest BCUT2D eigenvalue weighted by Gasteiger charge is 2.57. The Kier molecular flexibility index (Phi) is 7.16. The Morgan fingerprint density at radius 1 is 1.02 bits per heavy atom. The van der Waals surface area contributed by atoms with Gasteiger partial charge in [0, 0.05) is 29.4 Å². The van der Waals surface area contributed by atoms with E-state index in [1.807, 2.05) is 0 Å². The number of ether oxygens (including phenoxy) is 2. The van der Waals surface area contributed by atoms with Crippen molar-refractivity contribution in [2.75, 3.05) is 37.8 Å². The fraction of sp³-hybridized carbons (Fsp3) is 0.333. The predicted octanol–water partition coefficient (Wildman–Crippen LogP) is 3.49. The molecule has 1 aromatic heterocycles. The molecule has 1 N–H and O–H groups in total. The quantitative estimate of drug-likeness (QED) is 0.444. The van der Waals surface area contributed by atoms with E-state index < -0.39 is 51.2 Å². The summed E-state index contributed by atoms with van der Waals surface area (Å²) >= 11 is 1.83. The van der Waals surface area contributed by atoms with Crippen LogP contribution in [0.1, 0.15) is 21.9 Å². The van der Waals surface area contributed by atoms with Crippen LogP contribution in [0.4, 0.5) is 18.9 Å². The maximum Gasteiger partial charge on any atom is 0.418 e. The number of benzene rings is 2. The molecule has 2 fully saturated rings. The molecule has 14 heteroatoms. The monoisotopic (exact) mass is 605 g/mol. The number of aromatic amines is 1. The number of thioether (sulfide) groups is 1. The van der Waals surface area contributed by atoms with Gasteiger partial charge in [0.2, 0.25) is 11.8 Å². The van der Waals surface area contributed by atoms with Crippen LogP contribution in [0.3, 0.4) is 0 Å². The topological polar surface area (TPSA) is 109 Å². The van der Waals surface area contributed by atoms with Crippen molar-refractivity contribution >= 4 is 46.5 Å². The normalized spacial score (nSPS) is 22.5. The van der Waals surface area contributed by atoms with Crippen LogP contribution >= 0.6 is 23.1 Å². The number of fused-ring (bicyclic) bond motifs is 2. The average Bonchev–Trinajstić information content (AvgIpc) is 3.46. The van der Waals surface area contributed by atoms with Crippen LogP contribution in [0.15, 0.2) is 58.4 Å². The van der Waals surface area contributed by atoms with Crippen LogP contribution in [-0.4, -0.2) is 65.8 Å². The third-order valence-corrected chi connectivity index (χ3v) is 9.64. The number of halogens is 3. The van der Waals surface area contributed by atoms with E-state index in [4.69, 9.17) is 9.47 Å². The van der Waals surface area contributed by atoms with Gasteiger partial charge in [0.05, 0.1) is 35.4 Å². The Balaban J connectivity index is 1.39. The first-order chi connectivity index (χ1) is 19.6. The third kappa shape index (κ3) is 4.93. The van der Waals surface area contributed by atoms with Crippen molar-refractivity contribution in [1.82, 2.24) is 9.88 Å². The SMILES string of the molecule is O=C(COc1ccccc1C1c2sc(=O)[nH]c2SC2C(=O)N(c3ccccc3C(F)(F)F)C(=O)C21)N1CCOCC1. The summed E-state index contributed by atoms with van der Waals surface area (Å²) in [5, 5.41) is -0.716. The second-order valence-electron chi connectivity index (χ2n) is 9.60. The number of carbonyl (C=O) groups excluding carboxylic acids is 3. The van der Waals surface area contributed by atoms with E-state index in [2.05, 4.69) is 4.98 Å². The zero-order valence-corrected chi connectivity index (χ0v) is 22.8. The van der Waals surface area contributed by atoms with Gasteiger partial charge in [0.25, 0.3) is 5.91 Å². The second kappa shape index (κ2) is 10.7. The summed E-state index contributed by atoms with van der Waals surface area (Å²) in [6, 6.07) is 11.1. The van der Waals surface area contributed by atoms with Gasteiger partial charge < -0.3 is 19.4 Å². The largest absolute Gasteiger partial charge is 0.483 e. The highest BCUT2D eigenvalue weighted by molar-refractivity contribution is 8.00. The summed E-state index contributed by atoms with van der Waals surface area (Å²) in [5.74, 6) is -3.59. The minimum absolute atomic E-state index is 0.255. The first-order valence-electron chi connectivity index (χ1n) is 12.7. The summed E-state index contributed by atoms with van der Waals surface area (Å²) in [6.45, 7) is 1.41. The molecule has 0 spiro atoms. The number of para-hydroxylation sites is 2. The molecule has 6 rings (SSSR count). The zero-order chi connectivity index (χ0) is 28.9. The minimum atomic E-state index is -4.80. The number of aromatic nitrogens is 1. The molecule has 3 aliphatic rings. The number of thiazole rings is 1. The Morgan fingerprint density at radius 3 is 2.49 bits per heavy atom. The van der Waals surface area contributed by atoms with Crippen molar-refractivity contribution in [3.8, 4) is 5.75 Å². The van der Waals surface area contributed by atoms with Crippen LogP contribution in [0.2, 0.25) is 0 Å². The van der Waals surface area contributed by atoms with Gasteiger partial charge in [0.1, 0.15) is 11.0 Å². The van der Waals surface area contributed by atoms with Crippen molar-refractivity contribution in [3.63, 3.8) is 0 Å². The van der Waals surface area contributed by atoms with Gasteiger partial charge in [-0.25, -0.2) is 4.90 Å². The molecule has 9 nitrogen and oxygen atoms in total. The van der Waals surface area contributed by atoms with E-state index >= 15 is 0 Å². The number of nitrogens with one attached hydrogen (secondary N) is 1. The van der Waals surface area contributed by atoms with Gasteiger partial charge in [-0.1, -0.05) is 53.4 Å². The summed E-state index contributed by atoms with van der Waals surface area (Å²) < 4.78 is 52.8. The molecule has 4 heterocycles. The molecular formula is C27H22F3N3O6S2. The highest BCUT2D eigenvalue weighted by atomic mass is 32.2. The number of carbonyl (C=O) groups is 3. The second-order valence-corrected chi connectivity index (χ2v) is 11.8. The number of nitrogens with zero attached hydrogens (tertiary/aromatic N) is 2. The van der Waals surface area contributed by atoms with Gasteiger partial charge in [-0.15, -0.1) is 0 Å². The molecule has 41 heavy (non-hydrogen) atoms. The van der Waals surface area contributed by atoms with Crippen molar-refractivity contribution in [3.05, 3.63) is 74.2 Å². The maximum atomic E-state index is 13.9. The van der Waals surface area contributed by atoms with E-state index in [1.165, 1.54) is 12.1 Å². The number of alkyl halides is 3. The van der Waals surface area contributed by atoms with Gasteiger partial charge >= 0.3 is 11.0 Å². The van der Waals surface area contributed by atoms with Crippen LogP contribution in [0.25, 0.3) is 0 Å². The van der Waals surface area contributed by atoms with Gasteiger partial charge in [-0.3, -0.25) is 19.2 Å². The molecule has 0 bridgehead atoms. The lowest BCUT2D eigenvalue weighted by atomic mass is 9.82. The molecule has 0 aliphatic carbocycles. The lowest BCUT2D eigenvalue weighted by Crippen LogP contribution is -2.43. The Labute approximate surface area is 239 Å². The summed E-state index contributed by atoms with van der Waals surface area (Å²) in [5.41, 5.74) is -1.20. The van der Waals surface area contributed by atoms with Crippen LogP contribution in [0.5, 0.6) is 5.75 Å². The zero-order valence-electron chi connectivity index (χ0n) is 21.2. The maximum absolute atomic E-state index is 13.9. The first-order valence-corrected chi connectivity index (χ1v) is 14.4. The Morgan fingerprint density at radius 2 is 1.73 bits per heavy atom. The molecule has 0 radical (unpaired) electrons. The van der Waals surface area contributed by atoms with Crippen molar-refractivity contribution in [1.29, 1.82) is 0 Å². The molecule has 3 aliphatic heterocycles. The van der Waals surface area contributed by atoms with Gasteiger partial charge in [-0.2, -0.15) is 13.2 Å². The number of imide groups is 1. The van der Waals surface area contributed by atoms with Crippen molar-refractivity contribution in [2.45, 2.75) is 22.4 Å². The van der Waals surface area contributed by atoms with Gasteiger partial charge in [-0.05, 0) is 18.2 Å². The lowest BCUT2D eigenvalue weighted by molar-refractivity contribution is -0.138. The molecule has 3 aromatic rings. The van der Waals surface area contributed by atoms with E-state index in [0.717, 1.165) is 35.2 Å². The fourth-order valence-electron chi connectivity index (χ4n) is 5.41. The molecule has 3 atom stereocenters. The lowest BCUT2D eigenvalue weighted by Gasteiger charge is -2.31. The molecule has 2 saturated heterocycles. The molecule has 3 unspecified atom stereocenters. The highest BCUT2D eigenvalue weighted by Crippen LogP contribution is 2.55. The van der Waals surface area contributed by atoms with Crippen LogP contribution in [0, 0.1) is 5.92 Å². The summed E-state index contributed by atoms with van der Waals surface area (Å²) in [7, 11) is 0. The average molecular weight is 606 g/mol. The van der Waals surface area contributed by atoms with E-state index in [0.29, 0.717) is 46.7 Å². The van der Waals surface area contributed by atoms with Crippen molar-refractivity contribution in [2.24, 2.45) is 5.92 Å². The fourth-order valence-corrected chi connectivity index (χ4v) is 7.92. The third-order valence-electron chi connectivity index (χ3n) is 7.24. The Bertz CT molecular complexity index is 1580. The molecule has 0 saturated carbocycles. The number of hydrogen-bond donors (Lipinski definition) is 1. The van der Waals surface area contributed by atoms with Crippen molar-refractivity contribution < 1.29 is 37.0 Å². The van der Waals surface area contributed by atoms with E-state index in [9.17, 15) is 32.3 Å². The van der Waals surface area contributed by atoms with E-state index in [-0.39, 0.29) is 18.3 Å². The smallest absolute Gasteiger partial charge is 0.418 e. The van der Waals surface area contributed by atoms with Gasteiger partial charge in [0.15, 0.2) is 6.61 Å². The number of hydrogen-bond acceptors (Lipinski definition) is 8. The van der Waals surface area contributed by atoms with Crippen LogP contribution < -0.4 is 14.5 Å². The summed E-state index contributed by atoms with van der Waals surface area (Å²) in [4.78, 5) is 57.7. The molecule has 2 aromatic carbocycles. The Hall–Kier alpha value is -3.62.